The van der Waals surface area contributed by atoms with Crippen LogP contribution in [0, 0.1) is 0 Å². The largest absolute Gasteiger partial charge is 0.478 e. The van der Waals surface area contributed by atoms with Gasteiger partial charge in [0.25, 0.3) is 0 Å². The number of carboxylic acids is 1. The highest BCUT2D eigenvalue weighted by molar-refractivity contribution is 5.88. The molecule has 1 aliphatic heterocycles. The number of anilines is 1. The maximum absolute atomic E-state index is 11.1. The molecule has 2 unspecified atom stereocenters. The van der Waals surface area contributed by atoms with Crippen LogP contribution in [0.2, 0.25) is 0 Å². The predicted molar refractivity (Wildman–Crippen MR) is 109 cm³/mol. The zero-order valence-electron chi connectivity index (χ0n) is 16.5. The van der Waals surface area contributed by atoms with E-state index in [9.17, 15) is 4.79 Å². The second-order valence-electron chi connectivity index (χ2n) is 7.13. The first-order valence-electron chi connectivity index (χ1n) is 9.52. The van der Waals surface area contributed by atoms with E-state index >= 15 is 0 Å². The quantitative estimate of drug-likeness (QED) is 0.670. The third kappa shape index (κ3) is 5.10. The summed E-state index contributed by atoms with van der Waals surface area (Å²) in [5, 5.41) is 9.14. The van der Waals surface area contributed by atoms with E-state index in [2.05, 4.69) is 41.1 Å². The summed E-state index contributed by atoms with van der Waals surface area (Å²) in [6.45, 7) is 3.08. The molecule has 150 valence electrons. The van der Waals surface area contributed by atoms with Crippen molar-refractivity contribution in [2.45, 2.75) is 18.6 Å². The maximum atomic E-state index is 11.1. The normalized spacial score (nSPS) is 18.1. The fourth-order valence-corrected chi connectivity index (χ4v) is 3.65. The molecule has 1 saturated heterocycles. The summed E-state index contributed by atoms with van der Waals surface area (Å²) in [7, 11) is 3.70. The van der Waals surface area contributed by atoms with Gasteiger partial charge in [0.2, 0.25) is 0 Å². The van der Waals surface area contributed by atoms with Crippen LogP contribution in [-0.4, -0.2) is 62.7 Å². The highest BCUT2D eigenvalue weighted by Gasteiger charge is 2.27. The molecular formula is C22H28N2O4. The van der Waals surface area contributed by atoms with Crippen LogP contribution in [0.15, 0.2) is 54.6 Å². The average molecular weight is 384 g/mol. The Morgan fingerprint density at radius 2 is 1.93 bits per heavy atom. The van der Waals surface area contributed by atoms with Crippen molar-refractivity contribution in [2.75, 3.05) is 45.5 Å². The molecule has 1 N–H and O–H groups in total. The van der Waals surface area contributed by atoms with Crippen molar-refractivity contribution in [3.63, 3.8) is 0 Å². The molecule has 2 aromatic rings. The van der Waals surface area contributed by atoms with Crippen LogP contribution in [0.3, 0.4) is 0 Å². The van der Waals surface area contributed by atoms with E-state index in [-0.39, 0.29) is 12.1 Å². The van der Waals surface area contributed by atoms with Gasteiger partial charge in [-0.05, 0) is 36.2 Å². The highest BCUT2D eigenvalue weighted by atomic mass is 16.7. The maximum Gasteiger partial charge on any atom is 0.335 e. The van der Waals surface area contributed by atoms with E-state index < -0.39 is 5.97 Å². The Morgan fingerprint density at radius 1 is 1.21 bits per heavy atom. The van der Waals surface area contributed by atoms with Crippen LogP contribution < -0.4 is 4.90 Å². The fraction of sp³-hybridized carbons (Fsp3) is 0.409. The molecule has 2 atom stereocenters. The molecule has 0 aliphatic carbocycles. The molecule has 1 heterocycles. The van der Waals surface area contributed by atoms with E-state index in [0.717, 1.165) is 31.7 Å². The minimum atomic E-state index is -0.909. The number of carboxylic acid groups (broad SMARTS) is 1. The monoisotopic (exact) mass is 384 g/mol. The molecule has 0 bridgehead atoms. The first kappa shape index (κ1) is 20.3. The molecule has 2 aromatic carbocycles. The van der Waals surface area contributed by atoms with Gasteiger partial charge in [-0.25, -0.2) is 4.79 Å². The molecule has 0 saturated carbocycles. The van der Waals surface area contributed by atoms with Gasteiger partial charge in [0.05, 0.1) is 17.7 Å². The third-order valence-corrected chi connectivity index (χ3v) is 5.26. The lowest BCUT2D eigenvalue weighted by Gasteiger charge is -2.33. The van der Waals surface area contributed by atoms with Crippen LogP contribution in [0.25, 0.3) is 0 Å². The zero-order chi connectivity index (χ0) is 19.9. The van der Waals surface area contributed by atoms with Gasteiger partial charge in [-0.15, -0.1) is 0 Å². The molecular weight excluding hydrogens is 356 g/mol. The number of ether oxygens (including phenoxy) is 2. The van der Waals surface area contributed by atoms with Crippen LogP contribution in [-0.2, 0) is 9.47 Å². The molecule has 1 fully saturated rings. The Kier molecular flexibility index (Phi) is 7.03. The topological polar surface area (TPSA) is 62.2 Å². The van der Waals surface area contributed by atoms with Crippen molar-refractivity contribution in [3.8, 4) is 0 Å². The van der Waals surface area contributed by atoms with Crippen molar-refractivity contribution in [3.05, 3.63) is 65.7 Å². The van der Waals surface area contributed by atoms with Crippen molar-refractivity contribution in [1.29, 1.82) is 0 Å². The van der Waals surface area contributed by atoms with Gasteiger partial charge < -0.3 is 19.5 Å². The van der Waals surface area contributed by atoms with Gasteiger partial charge in [0.1, 0.15) is 6.79 Å². The molecule has 1 aliphatic rings. The summed E-state index contributed by atoms with van der Waals surface area (Å²) in [4.78, 5) is 15.8. The van der Waals surface area contributed by atoms with Crippen LogP contribution in [0.5, 0.6) is 0 Å². The number of benzene rings is 2. The summed E-state index contributed by atoms with van der Waals surface area (Å²) >= 11 is 0. The second-order valence-corrected chi connectivity index (χ2v) is 7.13. The fourth-order valence-electron chi connectivity index (χ4n) is 3.65. The molecule has 0 amide bonds. The summed E-state index contributed by atoms with van der Waals surface area (Å²) in [5.41, 5.74) is 2.52. The molecule has 3 rings (SSSR count). The van der Waals surface area contributed by atoms with Gasteiger partial charge in [0, 0.05) is 39.5 Å². The lowest BCUT2D eigenvalue weighted by molar-refractivity contribution is -0.0671. The molecule has 6 heteroatoms. The number of likely N-dealkylation sites (N-methyl/N-ethyl adjacent to an activating group) is 1. The van der Waals surface area contributed by atoms with Crippen LogP contribution in [0.1, 0.15) is 28.4 Å². The standard InChI is InChI=1S/C22H28N2O4/c1-23(19-10-8-18(9-11-19)22(25)26)21(17-6-4-3-5-7-17)15-24-13-12-20(14-24)28-16-27-2/h3-11,20-21H,12-16H2,1-2H3,(H,25,26). The second kappa shape index (κ2) is 9.68. The predicted octanol–water partition coefficient (Wildman–Crippen LogP) is 3.26. The zero-order valence-corrected chi connectivity index (χ0v) is 16.5. The van der Waals surface area contributed by atoms with Crippen molar-refractivity contribution in [2.24, 2.45) is 0 Å². The average Bonchev–Trinajstić information content (AvgIpc) is 3.18. The first-order valence-corrected chi connectivity index (χ1v) is 9.52. The summed E-state index contributed by atoms with van der Waals surface area (Å²) in [5.74, 6) is -0.909. The Labute approximate surface area is 166 Å². The minimum Gasteiger partial charge on any atom is -0.478 e. The van der Waals surface area contributed by atoms with E-state index in [1.165, 1.54) is 5.56 Å². The van der Waals surface area contributed by atoms with Gasteiger partial charge in [-0.2, -0.15) is 0 Å². The van der Waals surface area contributed by atoms with Gasteiger partial charge in [-0.1, -0.05) is 30.3 Å². The number of hydrogen-bond donors (Lipinski definition) is 1. The number of methoxy groups -OCH3 is 1. The number of aromatic carboxylic acids is 1. The smallest absolute Gasteiger partial charge is 0.335 e. The number of rotatable bonds is 9. The van der Waals surface area contributed by atoms with Gasteiger partial charge in [-0.3, -0.25) is 4.90 Å². The lowest BCUT2D eigenvalue weighted by atomic mass is 10.0. The van der Waals surface area contributed by atoms with Crippen molar-refractivity contribution >= 4 is 11.7 Å². The SMILES string of the molecule is COCOC1CCN(CC(c2ccccc2)N(C)c2ccc(C(=O)O)cc2)C1. The van der Waals surface area contributed by atoms with E-state index in [0.29, 0.717) is 12.4 Å². The van der Waals surface area contributed by atoms with Crippen molar-refractivity contribution < 1.29 is 19.4 Å². The third-order valence-electron chi connectivity index (χ3n) is 5.26. The van der Waals surface area contributed by atoms with E-state index in [4.69, 9.17) is 14.6 Å². The van der Waals surface area contributed by atoms with Gasteiger partial charge in [0.15, 0.2) is 0 Å². The van der Waals surface area contributed by atoms with E-state index in [1.54, 1.807) is 19.2 Å². The van der Waals surface area contributed by atoms with Crippen molar-refractivity contribution in [1.82, 2.24) is 4.90 Å². The van der Waals surface area contributed by atoms with Gasteiger partial charge >= 0.3 is 5.97 Å². The minimum absolute atomic E-state index is 0.151. The lowest BCUT2D eigenvalue weighted by Crippen LogP contribution is -2.36. The highest BCUT2D eigenvalue weighted by Crippen LogP contribution is 2.28. The Hall–Kier alpha value is -2.41. The number of hydrogen-bond acceptors (Lipinski definition) is 5. The number of likely N-dealkylation sites (tertiary alicyclic amines) is 1. The molecule has 0 radical (unpaired) electrons. The summed E-state index contributed by atoms with van der Waals surface area (Å²) in [6.07, 6.45) is 1.21. The summed E-state index contributed by atoms with van der Waals surface area (Å²) < 4.78 is 10.7. The number of carbonyl (C=O) groups is 1. The van der Waals surface area contributed by atoms with Crippen LogP contribution >= 0.6 is 0 Å². The summed E-state index contributed by atoms with van der Waals surface area (Å²) in [6, 6.07) is 17.6. The number of nitrogens with zero attached hydrogens (tertiary/aromatic N) is 2. The molecule has 0 spiro atoms. The molecule has 0 aromatic heterocycles. The molecule has 28 heavy (non-hydrogen) atoms. The Bertz CT molecular complexity index is 751. The van der Waals surface area contributed by atoms with Crippen LogP contribution in [0.4, 0.5) is 5.69 Å². The Balaban J connectivity index is 1.75. The Morgan fingerprint density at radius 3 is 2.57 bits per heavy atom. The molecule has 6 nitrogen and oxygen atoms in total. The van der Waals surface area contributed by atoms with E-state index in [1.807, 2.05) is 18.2 Å². The first-order chi connectivity index (χ1) is 13.6.